The largest absolute Gasteiger partial charge is 0.235 e. The van der Waals surface area contributed by atoms with Gasteiger partial charge in [0.2, 0.25) is 0 Å². The highest BCUT2D eigenvalue weighted by Crippen LogP contribution is 2.27. The van der Waals surface area contributed by atoms with Crippen LogP contribution in [-0.4, -0.2) is 4.98 Å². The van der Waals surface area contributed by atoms with Crippen molar-refractivity contribution < 1.29 is 4.39 Å². The maximum absolute atomic E-state index is 12.9. The molecule has 0 atom stereocenters. The summed E-state index contributed by atoms with van der Waals surface area (Å²) in [5.74, 6) is -0.274. The van der Waals surface area contributed by atoms with E-state index in [1.807, 2.05) is 29.0 Å². The second-order valence-electron chi connectivity index (χ2n) is 4.23. The van der Waals surface area contributed by atoms with Crippen LogP contribution in [0.15, 0.2) is 47.2 Å². The van der Waals surface area contributed by atoms with Gasteiger partial charge in [-0.2, -0.15) is 5.26 Å². The molecule has 1 aromatic carbocycles. The first-order valence-electron chi connectivity index (χ1n) is 6.13. The highest BCUT2D eigenvalue weighted by molar-refractivity contribution is 7.12. The van der Waals surface area contributed by atoms with Crippen molar-refractivity contribution in [2.45, 2.75) is 0 Å². The summed E-state index contributed by atoms with van der Waals surface area (Å²) in [4.78, 5) is 5.49. The molecule has 5 heteroatoms. The fourth-order valence-electron chi connectivity index (χ4n) is 1.81. The quantitative estimate of drug-likeness (QED) is 0.633. The molecule has 0 spiro atoms. The molecule has 0 saturated carbocycles. The van der Waals surface area contributed by atoms with Crippen molar-refractivity contribution in [3.63, 3.8) is 0 Å². The Hall–Kier alpha value is -2.29. The van der Waals surface area contributed by atoms with Crippen molar-refractivity contribution in [1.82, 2.24) is 4.98 Å². The lowest BCUT2D eigenvalue weighted by Gasteiger charge is -1.96. The molecule has 3 rings (SSSR count). The molecule has 0 fully saturated rings. The summed E-state index contributed by atoms with van der Waals surface area (Å²) in [6.07, 6.45) is 1.83. The zero-order valence-electron chi connectivity index (χ0n) is 10.8. The van der Waals surface area contributed by atoms with Crippen molar-refractivity contribution in [3.05, 3.63) is 62.9 Å². The summed E-state index contributed by atoms with van der Waals surface area (Å²) >= 11 is 2.99. The van der Waals surface area contributed by atoms with Crippen LogP contribution >= 0.6 is 22.7 Å². The molecular formula is C16H9FN2S2. The number of thiophene rings is 1. The number of aromatic nitrogens is 1. The first-order chi connectivity index (χ1) is 10.3. The Labute approximate surface area is 129 Å². The third-order valence-corrected chi connectivity index (χ3v) is 4.52. The minimum Gasteiger partial charge on any atom is -0.235 e. The highest BCUT2D eigenvalue weighted by Gasteiger charge is 2.09. The molecule has 3 aromatic rings. The summed E-state index contributed by atoms with van der Waals surface area (Å²) in [5, 5.41) is 13.8. The zero-order chi connectivity index (χ0) is 14.7. The molecule has 102 valence electrons. The van der Waals surface area contributed by atoms with E-state index in [0.29, 0.717) is 10.6 Å². The van der Waals surface area contributed by atoms with Crippen molar-refractivity contribution in [3.8, 4) is 17.3 Å². The molecule has 0 aliphatic rings. The van der Waals surface area contributed by atoms with E-state index in [4.69, 9.17) is 0 Å². The van der Waals surface area contributed by atoms with Gasteiger partial charge in [-0.15, -0.1) is 22.7 Å². The van der Waals surface area contributed by atoms with Crippen molar-refractivity contribution in [2.75, 3.05) is 0 Å². The Kier molecular flexibility index (Phi) is 3.91. The van der Waals surface area contributed by atoms with Crippen molar-refractivity contribution >= 4 is 34.3 Å². The van der Waals surface area contributed by atoms with Gasteiger partial charge >= 0.3 is 0 Å². The lowest BCUT2D eigenvalue weighted by atomic mass is 10.2. The van der Waals surface area contributed by atoms with E-state index in [-0.39, 0.29) is 5.82 Å². The van der Waals surface area contributed by atoms with Crippen LogP contribution in [0.1, 0.15) is 9.88 Å². The van der Waals surface area contributed by atoms with Gasteiger partial charge in [-0.25, -0.2) is 9.37 Å². The molecule has 0 amide bonds. The maximum Gasteiger partial charge on any atom is 0.134 e. The fraction of sp³-hybridized carbons (Fsp3) is 0. The number of benzene rings is 1. The number of thiazole rings is 1. The van der Waals surface area contributed by atoms with Gasteiger partial charge in [0.15, 0.2) is 0 Å². The van der Waals surface area contributed by atoms with E-state index in [0.717, 1.165) is 16.1 Å². The number of allylic oxidation sites excluding steroid dienone is 1. The van der Waals surface area contributed by atoms with Gasteiger partial charge in [-0.1, -0.05) is 6.07 Å². The molecule has 2 nitrogen and oxygen atoms in total. The molecule has 0 aliphatic carbocycles. The number of hydrogen-bond donors (Lipinski definition) is 0. The molecule has 0 bridgehead atoms. The van der Waals surface area contributed by atoms with Crippen LogP contribution in [-0.2, 0) is 0 Å². The van der Waals surface area contributed by atoms with E-state index in [9.17, 15) is 9.65 Å². The smallest absolute Gasteiger partial charge is 0.134 e. The van der Waals surface area contributed by atoms with Crippen LogP contribution in [0.4, 0.5) is 4.39 Å². The van der Waals surface area contributed by atoms with Crippen LogP contribution in [0, 0.1) is 17.1 Å². The summed E-state index contributed by atoms with van der Waals surface area (Å²) in [5.41, 5.74) is 2.13. The van der Waals surface area contributed by atoms with E-state index >= 15 is 0 Å². The first kappa shape index (κ1) is 13.7. The molecular weight excluding hydrogens is 303 g/mol. The Balaban J connectivity index is 1.94. The van der Waals surface area contributed by atoms with Crippen LogP contribution in [0.5, 0.6) is 0 Å². The monoisotopic (exact) mass is 312 g/mol. The van der Waals surface area contributed by atoms with E-state index < -0.39 is 0 Å². The lowest BCUT2D eigenvalue weighted by Crippen LogP contribution is -1.82. The van der Waals surface area contributed by atoms with E-state index in [1.54, 1.807) is 23.5 Å². The number of nitriles is 1. The van der Waals surface area contributed by atoms with Gasteiger partial charge in [0.1, 0.15) is 16.9 Å². The Bertz CT molecular complexity index is 809. The Morgan fingerprint density at radius 2 is 2.00 bits per heavy atom. The Morgan fingerprint density at radius 3 is 2.67 bits per heavy atom. The molecule has 2 heterocycles. The number of halogens is 1. The fourth-order valence-corrected chi connectivity index (χ4v) is 3.26. The van der Waals surface area contributed by atoms with Gasteiger partial charge < -0.3 is 0 Å². The second kappa shape index (κ2) is 6.00. The average Bonchev–Trinajstić information content (AvgIpc) is 3.17. The summed E-state index contributed by atoms with van der Waals surface area (Å²) in [7, 11) is 0. The predicted molar refractivity (Wildman–Crippen MR) is 85.3 cm³/mol. The maximum atomic E-state index is 12.9. The van der Waals surface area contributed by atoms with Crippen LogP contribution in [0.2, 0.25) is 0 Å². The van der Waals surface area contributed by atoms with Crippen molar-refractivity contribution in [2.24, 2.45) is 0 Å². The van der Waals surface area contributed by atoms with Crippen LogP contribution < -0.4 is 0 Å². The van der Waals surface area contributed by atoms with E-state index in [2.05, 4.69) is 11.1 Å². The SMILES string of the molecule is N#C/C(=C\c1cccs1)c1nc(-c2ccc(F)cc2)cs1. The third kappa shape index (κ3) is 3.07. The van der Waals surface area contributed by atoms with Gasteiger partial charge in [0, 0.05) is 15.8 Å². The van der Waals surface area contributed by atoms with Gasteiger partial charge in [0.05, 0.1) is 11.3 Å². The number of nitrogens with zero attached hydrogens (tertiary/aromatic N) is 2. The molecule has 0 saturated heterocycles. The van der Waals surface area contributed by atoms with Gasteiger partial charge in [-0.3, -0.25) is 0 Å². The molecule has 2 aromatic heterocycles. The Morgan fingerprint density at radius 1 is 1.19 bits per heavy atom. The highest BCUT2D eigenvalue weighted by atomic mass is 32.1. The van der Waals surface area contributed by atoms with Crippen LogP contribution in [0.3, 0.4) is 0 Å². The molecule has 0 radical (unpaired) electrons. The summed E-state index contributed by atoms with van der Waals surface area (Å²) < 4.78 is 12.9. The molecule has 21 heavy (non-hydrogen) atoms. The number of rotatable bonds is 3. The zero-order valence-corrected chi connectivity index (χ0v) is 12.4. The first-order valence-corrected chi connectivity index (χ1v) is 7.89. The molecule has 0 aliphatic heterocycles. The lowest BCUT2D eigenvalue weighted by molar-refractivity contribution is 0.628. The minimum absolute atomic E-state index is 0.274. The molecule has 0 unspecified atom stereocenters. The van der Waals surface area contributed by atoms with Gasteiger partial charge in [-0.05, 0) is 41.8 Å². The predicted octanol–water partition coefficient (Wildman–Crippen LogP) is 5.07. The standard InChI is InChI=1S/C16H9FN2S2/c17-13-5-3-11(4-6-13)15-10-21-16(19-15)12(9-18)8-14-2-1-7-20-14/h1-8,10H/b12-8+. The molecule has 0 N–H and O–H groups in total. The summed E-state index contributed by atoms with van der Waals surface area (Å²) in [6.45, 7) is 0. The number of hydrogen-bond acceptors (Lipinski definition) is 4. The second-order valence-corrected chi connectivity index (χ2v) is 6.07. The van der Waals surface area contributed by atoms with Crippen LogP contribution in [0.25, 0.3) is 22.9 Å². The minimum atomic E-state index is -0.274. The van der Waals surface area contributed by atoms with E-state index in [1.165, 1.54) is 23.5 Å². The summed E-state index contributed by atoms with van der Waals surface area (Å²) in [6, 6.07) is 12.3. The third-order valence-electron chi connectivity index (χ3n) is 2.82. The normalized spacial score (nSPS) is 11.3. The van der Waals surface area contributed by atoms with Crippen molar-refractivity contribution in [1.29, 1.82) is 5.26 Å². The average molecular weight is 312 g/mol. The van der Waals surface area contributed by atoms with Gasteiger partial charge in [0.25, 0.3) is 0 Å². The topological polar surface area (TPSA) is 36.7 Å².